The van der Waals surface area contributed by atoms with Gasteiger partial charge in [-0.1, -0.05) is 19.9 Å². The number of anilines is 1. The third-order valence-corrected chi connectivity index (χ3v) is 4.46. The Balaban J connectivity index is 1.93. The van der Waals surface area contributed by atoms with E-state index in [-0.39, 0.29) is 12.0 Å². The van der Waals surface area contributed by atoms with Crippen LogP contribution in [0, 0.1) is 19.3 Å². The topological polar surface area (TPSA) is 35.5 Å². The number of hydrogen-bond acceptors (Lipinski definition) is 3. The van der Waals surface area contributed by atoms with Gasteiger partial charge in [-0.2, -0.15) is 0 Å². The van der Waals surface area contributed by atoms with E-state index >= 15 is 0 Å². The predicted molar refractivity (Wildman–Crippen MR) is 89.9 cm³/mol. The highest BCUT2D eigenvalue weighted by molar-refractivity contribution is 5.48. The van der Waals surface area contributed by atoms with E-state index in [1.54, 1.807) is 0 Å². The largest absolute Gasteiger partial charge is 0.396 e. The number of hydrogen-bond donors (Lipinski definition) is 2. The zero-order valence-corrected chi connectivity index (χ0v) is 13.9. The van der Waals surface area contributed by atoms with Crippen molar-refractivity contribution in [1.82, 2.24) is 4.90 Å². The van der Waals surface area contributed by atoms with Crippen molar-refractivity contribution in [3.63, 3.8) is 0 Å². The lowest BCUT2D eigenvalue weighted by atomic mass is 9.92. The summed E-state index contributed by atoms with van der Waals surface area (Å²) in [7, 11) is 0. The Bertz CT molecular complexity index is 470. The number of aliphatic hydroxyl groups excluding tert-OH is 1. The molecule has 3 heteroatoms. The average molecular weight is 290 g/mol. The van der Waals surface area contributed by atoms with Crippen LogP contribution in [0.25, 0.3) is 0 Å². The van der Waals surface area contributed by atoms with Crippen LogP contribution in [0.4, 0.5) is 5.69 Å². The summed E-state index contributed by atoms with van der Waals surface area (Å²) in [5.74, 6) is 0. The average Bonchev–Trinajstić information content (AvgIpc) is 2.43. The lowest BCUT2D eigenvalue weighted by Crippen LogP contribution is -2.46. The van der Waals surface area contributed by atoms with Crippen LogP contribution in [0.15, 0.2) is 18.2 Å². The van der Waals surface area contributed by atoms with Crippen LogP contribution in [0.2, 0.25) is 0 Å². The molecule has 1 aliphatic heterocycles. The number of aryl methyl sites for hydroxylation is 2. The van der Waals surface area contributed by atoms with Crippen molar-refractivity contribution >= 4 is 5.69 Å². The Morgan fingerprint density at radius 3 is 2.71 bits per heavy atom. The van der Waals surface area contributed by atoms with E-state index in [1.165, 1.54) is 29.7 Å². The smallest absolute Gasteiger partial charge is 0.0494 e. The number of likely N-dealkylation sites (tertiary alicyclic amines) is 1. The molecule has 2 rings (SSSR count). The molecule has 1 atom stereocenters. The number of benzene rings is 1. The first-order valence-corrected chi connectivity index (χ1v) is 8.07. The number of aliphatic hydroxyl groups is 1. The number of rotatable bonds is 5. The first-order valence-electron chi connectivity index (χ1n) is 8.07. The molecule has 1 saturated heterocycles. The first-order chi connectivity index (χ1) is 9.89. The van der Waals surface area contributed by atoms with Crippen LogP contribution >= 0.6 is 0 Å². The van der Waals surface area contributed by atoms with Crippen molar-refractivity contribution in [3.05, 3.63) is 29.3 Å². The minimum absolute atomic E-state index is 0.0116. The van der Waals surface area contributed by atoms with Crippen molar-refractivity contribution in [2.24, 2.45) is 5.41 Å². The summed E-state index contributed by atoms with van der Waals surface area (Å²) in [4.78, 5) is 2.48. The maximum Gasteiger partial charge on any atom is 0.0494 e. The van der Waals surface area contributed by atoms with Crippen molar-refractivity contribution in [1.29, 1.82) is 0 Å². The third-order valence-electron chi connectivity index (χ3n) is 4.46. The van der Waals surface area contributed by atoms with E-state index in [1.807, 2.05) is 0 Å². The molecule has 21 heavy (non-hydrogen) atoms. The molecule has 3 nitrogen and oxygen atoms in total. The van der Waals surface area contributed by atoms with Crippen LogP contribution < -0.4 is 5.32 Å². The van der Waals surface area contributed by atoms with Crippen molar-refractivity contribution < 1.29 is 5.11 Å². The Labute approximate surface area is 129 Å². The van der Waals surface area contributed by atoms with Gasteiger partial charge in [-0.05, 0) is 56.5 Å². The summed E-state index contributed by atoms with van der Waals surface area (Å²) in [6, 6.07) is 7.12. The molecule has 1 fully saturated rings. The van der Waals surface area contributed by atoms with E-state index in [0.717, 1.165) is 19.6 Å². The van der Waals surface area contributed by atoms with Gasteiger partial charge in [0.1, 0.15) is 0 Å². The molecule has 1 heterocycles. The highest BCUT2D eigenvalue weighted by Gasteiger charge is 2.25. The van der Waals surface area contributed by atoms with Crippen molar-refractivity contribution in [2.75, 3.05) is 31.6 Å². The lowest BCUT2D eigenvalue weighted by molar-refractivity contribution is 0.0894. The van der Waals surface area contributed by atoms with Crippen molar-refractivity contribution in [2.45, 2.75) is 46.6 Å². The van der Waals surface area contributed by atoms with Gasteiger partial charge in [-0.3, -0.25) is 0 Å². The molecule has 0 radical (unpaired) electrons. The van der Waals surface area contributed by atoms with Gasteiger partial charge in [0.2, 0.25) is 0 Å². The predicted octanol–water partition coefficient (Wildman–Crippen LogP) is 3.20. The second-order valence-electron chi connectivity index (χ2n) is 7.34. The number of piperidine rings is 1. The summed E-state index contributed by atoms with van der Waals surface area (Å²) >= 11 is 0. The maximum absolute atomic E-state index is 9.44. The minimum atomic E-state index is -0.0116. The van der Waals surface area contributed by atoms with E-state index in [9.17, 15) is 5.11 Å². The van der Waals surface area contributed by atoms with Crippen LogP contribution in [0.1, 0.15) is 37.8 Å². The summed E-state index contributed by atoms with van der Waals surface area (Å²) in [6.07, 6.45) is 2.45. The Morgan fingerprint density at radius 1 is 1.29 bits per heavy atom. The van der Waals surface area contributed by atoms with Gasteiger partial charge >= 0.3 is 0 Å². The monoisotopic (exact) mass is 290 g/mol. The second kappa shape index (κ2) is 6.80. The fourth-order valence-electron chi connectivity index (χ4n) is 3.04. The van der Waals surface area contributed by atoms with Gasteiger partial charge in [0, 0.05) is 36.8 Å². The normalized spacial score (nSPS) is 20.5. The Kier molecular flexibility index (Phi) is 5.28. The third kappa shape index (κ3) is 4.72. The van der Waals surface area contributed by atoms with Crippen LogP contribution in [0.5, 0.6) is 0 Å². The fraction of sp³-hybridized carbons (Fsp3) is 0.667. The molecule has 0 unspecified atom stereocenters. The molecule has 0 aliphatic carbocycles. The second-order valence-corrected chi connectivity index (χ2v) is 7.34. The van der Waals surface area contributed by atoms with E-state index in [4.69, 9.17) is 0 Å². The van der Waals surface area contributed by atoms with Crippen LogP contribution in [-0.2, 0) is 0 Å². The van der Waals surface area contributed by atoms with Crippen molar-refractivity contribution in [3.8, 4) is 0 Å². The SMILES string of the molecule is Cc1ccc(N[C@@H]2CCCN(CC(C)(C)CO)C2)cc1C. The molecule has 1 aromatic rings. The molecule has 2 N–H and O–H groups in total. The Morgan fingerprint density at radius 2 is 2.05 bits per heavy atom. The van der Waals surface area contributed by atoms with Crippen LogP contribution in [-0.4, -0.2) is 42.3 Å². The van der Waals surface area contributed by atoms with E-state index < -0.39 is 0 Å². The molecule has 1 aliphatic rings. The quantitative estimate of drug-likeness (QED) is 0.874. The minimum Gasteiger partial charge on any atom is -0.396 e. The molecule has 0 spiro atoms. The molecule has 118 valence electrons. The highest BCUT2D eigenvalue weighted by atomic mass is 16.3. The zero-order chi connectivity index (χ0) is 15.5. The first kappa shape index (κ1) is 16.3. The molecule has 0 saturated carbocycles. The summed E-state index contributed by atoms with van der Waals surface area (Å²) in [5, 5.41) is 13.1. The summed E-state index contributed by atoms with van der Waals surface area (Å²) in [5.41, 5.74) is 3.90. The van der Waals surface area contributed by atoms with Gasteiger partial charge in [-0.25, -0.2) is 0 Å². The maximum atomic E-state index is 9.44. The number of nitrogens with zero attached hydrogens (tertiary/aromatic N) is 1. The zero-order valence-electron chi connectivity index (χ0n) is 13.9. The van der Waals surface area contributed by atoms with Gasteiger partial charge < -0.3 is 15.3 Å². The Hall–Kier alpha value is -1.06. The van der Waals surface area contributed by atoms with Gasteiger partial charge in [0.15, 0.2) is 0 Å². The summed E-state index contributed by atoms with van der Waals surface area (Å²) < 4.78 is 0. The molecular formula is C18H30N2O. The van der Waals surface area contributed by atoms with Gasteiger partial charge in [0.05, 0.1) is 0 Å². The van der Waals surface area contributed by atoms with Gasteiger partial charge in [0.25, 0.3) is 0 Å². The van der Waals surface area contributed by atoms with Crippen LogP contribution in [0.3, 0.4) is 0 Å². The summed E-state index contributed by atoms with van der Waals surface area (Å²) in [6.45, 7) is 12.0. The molecule has 0 amide bonds. The number of nitrogens with one attached hydrogen (secondary N) is 1. The molecule has 0 aromatic heterocycles. The molecular weight excluding hydrogens is 260 g/mol. The van der Waals surface area contributed by atoms with E-state index in [0.29, 0.717) is 6.04 Å². The fourth-order valence-corrected chi connectivity index (χ4v) is 3.04. The molecule has 0 bridgehead atoms. The lowest BCUT2D eigenvalue weighted by Gasteiger charge is -2.38. The standard InChI is InChI=1S/C18H30N2O/c1-14-7-8-16(10-15(14)2)19-17-6-5-9-20(11-17)12-18(3,4)13-21/h7-8,10,17,19,21H,5-6,9,11-13H2,1-4H3/t17-/m1/s1. The van der Waals surface area contributed by atoms with E-state index in [2.05, 4.69) is 56.1 Å². The molecule has 1 aromatic carbocycles. The highest BCUT2D eigenvalue weighted by Crippen LogP contribution is 2.22. The van der Waals surface area contributed by atoms with Gasteiger partial charge in [-0.15, -0.1) is 0 Å².